The lowest BCUT2D eigenvalue weighted by molar-refractivity contribution is -0.124. The highest BCUT2D eigenvalue weighted by molar-refractivity contribution is 5.78. The molecule has 1 aromatic carbocycles. The summed E-state index contributed by atoms with van der Waals surface area (Å²) in [7, 11) is 0. The van der Waals surface area contributed by atoms with Gasteiger partial charge in [0.05, 0.1) is 6.10 Å². The van der Waals surface area contributed by atoms with Crippen molar-refractivity contribution in [3.8, 4) is 5.75 Å². The van der Waals surface area contributed by atoms with Crippen LogP contribution in [-0.4, -0.2) is 53.8 Å². The molecule has 132 valence electrons. The number of aliphatic hydroxyl groups is 1. The number of carbonyl (C=O) groups is 1. The van der Waals surface area contributed by atoms with Gasteiger partial charge in [-0.2, -0.15) is 0 Å². The lowest BCUT2D eigenvalue weighted by atomic mass is 10.1. The van der Waals surface area contributed by atoms with E-state index in [0.717, 1.165) is 37.8 Å². The summed E-state index contributed by atoms with van der Waals surface area (Å²) in [6.07, 6.45) is 3.57. The van der Waals surface area contributed by atoms with Gasteiger partial charge >= 0.3 is 0 Å². The molecule has 6 heteroatoms. The summed E-state index contributed by atoms with van der Waals surface area (Å²) in [5.41, 5.74) is 0.884. The van der Waals surface area contributed by atoms with Crippen LogP contribution >= 0.6 is 0 Å². The largest absolute Gasteiger partial charge is 0.481 e. The summed E-state index contributed by atoms with van der Waals surface area (Å²) < 4.78 is 19.0. The molecule has 1 unspecified atom stereocenters. The number of nitrogens with one attached hydrogen (secondary N) is 1. The Morgan fingerprint density at radius 1 is 1.42 bits per heavy atom. The summed E-state index contributed by atoms with van der Waals surface area (Å²) in [5, 5.41) is 12.7. The molecule has 0 bridgehead atoms. The van der Waals surface area contributed by atoms with Crippen LogP contribution in [0.5, 0.6) is 5.75 Å². The van der Waals surface area contributed by atoms with Crippen molar-refractivity contribution < 1.29 is 19.0 Å². The lowest BCUT2D eigenvalue weighted by Crippen LogP contribution is -2.49. The van der Waals surface area contributed by atoms with Gasteiger partial charge in [0, 0.05) is 25.2 Å². The normalized spacial score (nSPS) is 27.4. The maximum Gasteiger partial charge on any atom is 0.258 e. The number of carbonyl (C=O) groups excluding carboxylic acids is 1. The maximum atomic E-state index is 13.6. The first-order chi connectivity index (χ1) is 11.5. The van der Waals surface area contributed by atoms with Crippen LogP contribution in [0.25, 0.3) is 0 Å². The number of hydrogen-bond donors (Lipinski definition) is 2. The summed E-state index contributed by atoms with van der Waals surface area (Å²) in [4.78, 5) is 14.4. The minimum Gasteiger partial charge on any atom is -0.481 e. The zero-order valence-corrected chi connectivity index (χ0v) is 14.0. The number of aryl methyl sites for hydroxylation is 1. The Bertz CT molecular complexity index is 596. The second kappa shape index (κ2) is 7.49. The third-order valence-corrected chi connectivity index (χ3v) is 4.94. The predicted molar refractivity (Wildman–Crippen MR) is 88.4 cm³/mol. The predicted octanol–water partition coefficient (Wildman–Crippen LogP) is 1.62. The van der Waals surface area contributed by atoms with E-state index in [9.17, 15) is 14.3 Å². The van der Waals surface area contributed by atoms with Gasteiger partial charge in [-0.05, 0) is 50.3 Å². The zero-order chi connectivity index (χ0) is 17.1. The molecule has 2 N–H and O–H groups in total. The van der Waals surface area contributed by atoms with E-state index in [1.165, 1.54) is 6.07 Å². The average Bonchev–Trinajstić information content (AvgIpc) is 3.17. The number of β-amino-alcohol motifs (C(OH)–C–C–N with tert-alkyl or cyclic N) is 1. The van der Waals surface area contributed by atoms with E-state index >= 15 is 0 Å². The van der Waals surface area contributed by atoms with Crippen LogP contribution in [0.1, 0.15) is 31.2 Å². The summed E-state index contributed by atoms with van der Waals surface area (Å²) in [5.74, 6) is -0.582. The molecule has 1 heterocycles. The smallest absolute Gasteiger partial charge is 0.258 e. The van der Waals surface area contributed by atoms with Gasteiger partial charge in [0.2, 0.25) is 0 Å². The number of rotatable bonds is 5. The van der Waals surface area contributed by atoms with E-state index in [1.807, 2.05) is 6.92 Å². The van der Waals surface area contributed by atoms with Gasteiger partial charge < -0.3 is 15.2 Å². The van der Waals surface area contributed by atoms with E-state index in [2.05, 4.69) is 10.2 Å². The van der Waals surface area contributed by atoms with E-state index < -0.39 is 5.82 Å². The molecule has 2 aliphatic rings. The number of nitrogens with zero attached hydrogens (tertiary/aromatic N) is 1. The highest BCUT2D eigenvalue weighted by Gasteiger charge is 2.36. The van der Waals surface area contributed by atoms with E-state index in [-0.39, 0.29) is 36.5 Å². The van der Waals surface area contributed by atoms with Crippen molar-refractivity contribution in [2.24, 2.45) is 0 Å². The maximum absolute atomic E-state index is 13.6. The van der Waals surface area contributed by atoms with Crippen molar-refractivity contribution in [3.63, 3.8) is 0 Å². The molecule has 5 nitrogen and oxygen atoms in total. The molecule has 1 saturated carbocycles. The summed E-state index contributed by atoms with van der Waals surface area (Å²) in [6, 6.07) is 4.95. The Kier molecular flexibility index (Phi) is 5.36. The fraction of sp³-hybridized carbons (Fsp3) is 0.611. The Hall–Kier alpha value is -1.66. The van der Waals surface area contributed by atoms with Gasteiger partial charge in [0.15, 0.2) is 18.2 Å². The zero-order valence-electron chi connectivity index (χ0n) is 14.0. The molecule has 3 atom stereocenters. The van der Waals surface area contributed by atoms with E-state index in [4.69, 9.17) is 4.74 Å². The van der Waals surface area contributed by atoms with Gasteiger partial charge in [0.1, 0.15) is 0 Å². The first kappa shape index (κ1) is 17.2. The number of hydrogen-bond acceptors (Lipinski definition) is 4. The van der Waals surface area contributed by atoms with Gasteiger partial charge in [-0.25, -0.2) is 4.39 Å². The molecule has 0 aromatic heterocycles. The molecule has 0 radical (unpaired) electrons. The van der Waals surface area contributed by atoms with E-state index in [0.29, 0.717) is 6.54 Å². The van der Waals surface area contributed by atoms with Crippen molar-refractivity contribution in [2.75, 3.05) is 19.7 Å². The second-order valence-corrected chi connectivity index (χ2v) is 6.83. The molecular weight excluding hydrogens is 311 g/mol. The molecule has 1 saturated heterocycles. The van der Waals surface area contributed by atoms with Crippen molar-refractivity contribution in [1.82, 2.24) is 10.2 Å². The van der Waals surface area contributed by atoms with E-state index in [1.54, 1.807) is 12.1 Å². The number of ether oxygens (including phenoxy) is 1. The molecular formula is C18H25FN2O3. The monoisotopic (exact) mass is 336 g/mol. The highest BCUT2D eigenvalue weighted by atomic mass is 19.1. The van der Waals surface area contributed by atoms with Gasteiger partial charge in [-0.3, -0.25) is 9.69 Å². The fourth-order valence-electron chi connectivity index (χ4n) is 3.73. The van der Waals surface area contributed by atoms with Crippen LogP contribution in [0.3, 0.4) is 0 Å². The standard InChI is InChI=1S/C18H25FN2O3/c1-12-5-6-14(19)17(9-12)24-11-18(23)20-15-3-2-4-16(15)21-8-7-13(22)10-21/h5-6,9,13,15-16,22H,2-4,7-8,10-11H2,1H3,(H,20,23)/t13?,15-,16+/m1/s1. The lowest BCUT2D eigenvalue weighted by Gasteiger charge is -2.29. The number of aliphatic hydroxyl groups excluding tert-OH is 1. The number of amides is 1. The fourth-order valence-corrected chi connectivity index (χ4v) is 3.73. The molecule has 1 amide bonds. The van der Waals surface area contributed by atoms with Crippen molar-refractivity contribution >= 4 is 5.91 Å². The molecule has 1 aliphatic heterocycles. The first-order valence-electron chi connectivity index (χ1n) is 8.63. The van der Waals surface area contributed by atoms with Crippen LogP contribution in [-0.2, 0) is 4.79 Å². The van der Waals surface area contributed by atoms with Crippen LogP contribution in [0, 0.1) is 12.7 Å². The van der Waals surface area contributed by atoms with Crippen LogP contribution in [0.4, 0.5) is 4.39 Å². The number of benzene rings is 1. The third-order valence-electron chi connectivity index (χ3n) is 4.94. The van der Waals surface area contributed by atoms with Crippen molar-refractivity contribution in [1.29, 1.82) is 0 Å². The molecule has 0 spiro atoms. The molecule has 1 aliphatic carbocycles. The average molecular weight is 336 g/mol. The number of halogens is 1. The van der Waals surface area contributed by atoms with Gasteiger partial charge in [-0.1, -0.05) is 6.07 Å². The number of likely N-dealkylation sites (tertiary alicyclic amines) is 1. The Balaban J connectivity index is 1.51. The topological polar surface area (TPSA) is 61.8 Å². The Labute approximate surface area is 141 Å². The molecule has 2 fully saturated rings. The van der Waals surface area contributed by atoms with Crippen LogP contribution in [0.15, 0.2) is 18.2 Å². The minimum absolute atomic E-state index is 0.0776. The van der Waals surface area contributed by atoms with Crippen LogP contribution < -0.4 is 10.1 Å². The summed E-state index contributed by atoms with van der Waals surface area (Å²) in [6.45, 7) is 3.22. The Morgan fingerprint density at radius 2 is 2.25 bits per heavy atom. The minimum atomic E-state index is -0.460. The second-order valence-electron chi connectivity index (χ2n) is 6.83. The third kappa shape index (κ3) is 4.05. The van der Waals surface area contributed by atoms with Gasteiger partial charge in [-0.15, -0.1) is 0 Å². The molecule has 3 rings (SSSR count). The first-order valence-corrected chi connectivity index (χ1v) is 8.63. The van der Waals surface area contributed by atoms with Crippen molar-refractivity contribution in [2.45, 2.75) is 50.8 Å². The Morgan fingerprint density at radius 3 is 3.00 bits per heavy atom. The molecule has 24 heavy (non-hydrogen) atoms. The highest BCUT2D eigenvalue weighted by Crippen LogP contribution is 2.27. The van der Waals surface area contributed by atoms with Gasteiger partial charge in [0.25, 0.3) is 5.91 Å². The molecule has 1 aromatic rings. The summed E-state index contributed by atoms with van der Waals surface area (Å²) >= 11 is 0. The quantitative estimate of drug-likeness (QED) is 0.858. The van der Waals surface area contributed by atoms with Crippen LogP contribution in [0.2, 0.25) is 0 Å². The van der Waals surface area contributed by atoms with Crippen molar-refractivity contribution in [3.05, 3.63) is 29.6 Å². The SMILES string of the molecule is Cc1ccc(F)c(OCC(=O)N[C@@H]2CCC[C@@H]2N2CCC(O)C2)c1.